The normalized spacial score (nSPS) is 25.0. The van der Waals surface area contributed by atoms with Gasteiger partial charge in [0, 0.05) is 13.0 Å². The molecule has 24 heavy (non-hydrogen) atoms. The number of rotatable bonds is 6. The lowest BCUT2D eigenvalue weighted by molar-refractivity contribution is -0.136. The van der Waals surface area contributed by atoms with Crippen LogP contribution in [0, 0.1) is 0 Å². The molecule has 0 aromatic carbocycles. The molecule has 2 N–H and O–H groups in total. The molecule has 8 heteroatoms. The molecule has 1 rings (SSSR count). The number of morpholine rings is 1. The highest BCUT2D eigenvalue weighted by Crippen LogP contribution is 2.31. The summed E-state index contributed by atoms with van der Waals surface area (Å²) in [6, 6.07) is -0.418. The molecule has 0 spiro atoms. The molecule has 0 aliphatic carbocycles. The molecule has 1 fully saturated rings. The van der Waals surface area contributed by atoms with E-state index in [1.54, 1.807) is 26.0 Å². The molecule has 7 nitrogen and oxygen atoms in total. The Labute approximate surface area is 144 Å². The van der Waals surface area contributed by atoms with Crippen LogP contribution in [0.25, 0.3) is 0 Å². The predicted molar refractivity (Wildman–Crippen MR) is 92.5 cm³/mol. The molecule has 1 aliphatic rings. The van der Waals surface area contributed by atoms with Crippen molar-refractivity contribution in [2.45, 2.75) is 51.9 Å². The standard InChI is InChI=1S/C16H26N2O5S/c1-6-8-14-12(7-2)18(24(21)22)11(3)13(23-14)9-10-17-15(19)16(4,5)20/h6-8,11,13,20,24H,1,9-10H2,2-5H3,(H,17,19)/b12-7+,14-8+/t11-,13?/m1/s1. The molecule has 0 radical (unpaired) electrons. The van der Waals surface area contributed by atoms with Crippen molar-refractivity contribution in [3.63, 3.8) is 0 Å². The van der Waals surface area contributed by atoms with Gasteiger partial charge in [0.05, 0.1) is 11.7 Å². The lowest BCUT2D eigenvalue weighted by atomic mass is 10.0. The number of carbonyl (C=O) groups excluding carboxylic acids is 1. The molecule has 1 amide bonds. The van der Waals surface area contributed by atoms with Crippen LogP contribution in [0.4, 0.5) is 0 Å². The number of hydrogen-bond donors (Lipinski definition) is 3. The fourth-order valence-corrected chi connectivity index (χ4v) is 3.24. The van der Waals surface area contributed by atoms with Gasteiger partial charge in [0.2, 0.25) is 10.9 Å². The fourth-order valence-electron chi connectivity index (χ4n) is 2.40. The number of nitrogens with one attached hydrogen (secondary N) is 1. The van der Waals surface area contributed by atoms with Gasteiger partial charge >= 0.3 is 0 Å². The van der Waals surface area contributed by atoms with Gasteiger partial charge in [-0.15, -0.1) is 0 Å². The van der Waals surface area contributed by atoms with E-state index in [1.807, 2.05) is 0 Å². The van der Waals surface area contributed by atoms with Gasteiger partial charge in [-0.05, 0) is 33.8 Å². The largest absolute Gasteiger partial charge is 0.486 e. The van der Waals surface area contributed by atoms with E-state index in [-0.39, 0.29) is 6.54 Å². The van der Waals surface area contributed by atoms with Crippen LogP contribution >= 0.6 is 0 Å². The zero-order valence-corrected chi connectivity index (χ0v) is 15.4. The third-order valence-electron chi connectivity index (χ3n) is 3.69. The highest BCUT2D eigenvalue weighted by atomic mass is 32.2. The molecule has 0 aromatic heterocycles. The Balaban J connectivity index is 2.90. The minimum atomic E-state index is -2.83. The van der Waals surface area contributed by atoms with Crippen molar-refractivity contribution in [1.82, 2.24) is 9.62 Å². The summed E-state index contributed by atoms with van der Waals surface area (Å²) in [5, 5.41) is 12.2. The Bertz CT molecular complexity index is 608. The first-order valence-electron chi connectivity index (χ1n) is 7.73. The highest BCUT2D eigenvalue weighted by molar-refractivity contribution is 7.70. The van der Waals surface area contributed by atoms with Crippen molar-refractivity contribution in [2.75, 3.05) is 6.54 Å². The van der Waals surface area contributed by atoms with Crippen molar-refractivity contribution in [2.24, 2.45) is 0 Å². The Morgan fingerprint density at radius 3 is 2.58 bits per heavy atom. The molecule has 0 bridgehead atoms. The van der Waals surface area contributed by atoms with Gasteiger partial charge in [-0.25, -0.2) is 8.42 Å². The Kier molecular flexibility index (Phi) is 7.04. The second-order valence-electron chi connectivity index (χ2n) is 6.02. The summed E-state index contributed by atoms with van der Waals surface area (Å²) in [6.45, 7) is 10.2. The molecule has 136 valence electrons. The first-order chi connectivity index (χ1) is 11.1. The molecule has 0 aromatic rings. The van der Waals surface area contributed by atoms with Crippen LogP contribution in [-0.4, -0.2) is 48.0 Å². The monoisotopic (exact) mass is 358 g/mol. The molecular formula is C16H26N2O5S. The molecular weight excluding hydrogens is 332 g/mol. The van der Waals surface area contributed by atoms with E-state index >= 15 is 0 Å². The topological polar surface area (TPSA) is 95.9 Å². The SMILES string of the molecule is C=C/C=C1/OC(CCNC(=O)C(C)(C)O)[C@@H](C)N([SH](=O)=O)/C1=C/C. The van der Waals surface area contributed by atoms with Crippen LogP contribution in [0.1, 0.15) is 34.1 Å². The molecule has 0 saturated carbocycles. The molecule has 1 aliphatic heterocycles. The molecule has 1 unspecified atom stereocenters. The van der Waals surface area contributed by atoms with E-state index in [9.17, 15) is 18.3 Å². The number of thiol groups is 1. The molecule has 1 saturated heterocycles. The van der Waals surface area contributed by atoms with E-state index in [0.29, 0.717) is 17.9 Å². The summed E-state index contributed by atoms with van der Waals surface area (Å²) in [5.74, 6) is -0.0719. The van der Waals surface area contributed by atoms with Crippen LogP contribution < -0.4 is 5.32 Å². The van der Waals surface area contributed by atoms with Crippen molar-refractivity contribution in [1.29, 1.82) is 0 Å². The number of nitrogens with zero attached hydrogens (tertiary/aromatic N) is 1. The lowest BCUT2D eigenvalue weighted by Crippen LogP contribution is -2.48. The van der Waals surface area contributed by atoms with Gasteiger partial charge in [0.1, 0.15) is 17.5 Å². The van der Waals surface area contributed by atoms with Gasteiger partial charge in [-0.1, -0.05) is 18.7 Å². The van der Waals surface area contributed by atoms with Gasteiger partial charge in [-0.3, -0.25) is 9.10 Å². The number of hydrogen-bond acceptors (Lipinski definition) is 5. The second kappa shape index (κ2) is 8.34. The first-order valence-corrected chi connectivity index (χ1v) is 8.86. The quantitative estimate of drug-likeness (QED) is 0.612. The van der Waals surface area contributed by atoms with Crippen molar-refractivity contribution in [3.05, 3.63) is 36.3 Å². The van der Waals surface area contributed by atoms with E-state index < -0.39 is 34.5 Å². The minimum absolute atomic E-state index is 0.258. The number of allylic oxidation sites excluding steroid dienone is 3. The van der Waals surface area contributed by atoms with Crippen LogP contribution in [0.15, 0.2) is 36.3 Å². The maximum Gasteiger partial charge on any atom is 0.251 e. The number of aliphatic hydroxyl groups is 1. The summed E-state index contributed by atoms with van der Waals surface area (Å²) in [4.78, 5) is 11.7. The molecule has 2 atom stereocenters. The zero-order valence-electron chi connectivity index (χ0n) is 14.5. The zero-order chi connectivity index (χ0) is 18.5. The third-order valence-corrected chi connectivity index (χ3v) is 4.62. The number of carbonyl (C=O) groups is 1. The first kappa shape index (κ1) is 20.2. The molecule has 1 heterocycles. The summed E-state index contributed by atoms with van der Waals surface area (Å²) < 4.78 is 30.5. The van der Waals surface area contributed by atoms with Crippen LogP contribution in [0.2, 0.25) is 0 Å². The van der Waals surface area contributed by atoms with Crippen molar-refractivity contribution >= 4 is 16.8 Å². The Morgan fingerprint density at radius 1 is 1.50 bits per heavy atom. The van der Waals surface area contributed by atoms with E-state index in [0.717, 1.165) is 0 Å². The second-order valence-corrected chi connectivity index (χ2v) is 6.93. The summed E-state index contributed by atoms with van der Waals surface area (Å²) in [5.41, 5.74) is -0.995. The maximum absolute atomic E-state index is 11.7. The van der Waals surface area contributed by atoms with E-state index in [4.69, 9.17) is 4.74 Å². The predicted octanol–water partition coefficient (Wildman–Crippen LogP) is 0.853. The minimum Gasteiger partial charge on any atom is -0.486 e. The van der Waals surface area contributed by atoms with Gasteiger partial charge in [0.15, 0.2) is 0 Å². The summed E-state index contributed by atoms with van der Waals surface area (Å²) in [7, 11) is -2.83. The highest BCUT2D eigenvalue weighted by Gasteiger charge is 2.36. The Morgan fingerprint density at radius 2 is 2.12 bits per heavy atom. The summed E-state index contributed by atoms with van der Waals surface area (Å²) >= 11 is 0. The van der Waals surface area contributed by atoms with Crippen LogP contribution in [0.5, 0.6) is 0 Å². The smallest absolute Gasteiger partial charge is 0.251 e. The average Bonchev–Trinajstić information content (AvgIpc) is 2.48. The van der Waals surface area contributed by atoms with Crippen LogP contribution in [0.3, 0.4) is 0 Å². The van der Waals surface area contributed by atoms with Crippen molar-refractivity contribution in [3.8, 4) is 0 Å². The third kappa shape index (κ3) is 4.85. The van der Waals surface area contributed by atoms with Gasteiger partial charge < -0.3 is 15.2 Å². The maximum atomic E-state index is 11.7. The fraction of sp³-hybridized carbons (Fsp3) is 0.562. The van der Waals surface area contributed by atoms with E-state index in [2.05, 4.69) is 11.9 Å². The van der Waals surface area contributed by atoms with Crippen LogP contribution in [-0.2, 0) is 20.4 Å². The number of amides is 1. The van der Waals surface area contributed by atoms with Crippen molar-refractivity contribution < 1.29 is 23.1 Å². The van der Waals surface area contributed by atoms with Gasteiger partial charge in [-0.2, -0.15) is 0 Å². The summed E-state index contributed by atoms with van der Waals surface area (Å²) in [6.07, 6.45) is 4.76. The lowest BCUT2D eigenvalue weighted by Gasteiger charge is -2.40. The van der Waals surface area contributed by atoms with E-state index in [1.165, 1.54) is 24.2 Å². The van der Waals surface area contributed by atoms with Gasteiger partial charge in [0.25, 0.3) is 5.91 Å². The number of ether oxygens (including phenoxy) is 1. The Hall–Kier alpha value is -1.80. The average molecular weight is 358 g/mol.